The van der Waals surface area contributed by atoms with Crippen molar-refractivity contribution < 1.29 is 19.1 Å². The Hall–Kier alpha value is -10.5. The van der Waals surface area contributed by atoms with Gasteiger partial charge < -0.3 is 24.2 Å². The van der Waals surface area contributed by atoms with Gasteiger partial charge in [0.1, 0.15) is 11.4 Å². The van der Waals surface area contributed by atoms with Crippen LogP contribution < -0.4 is 24.2 Å². The summed E-state index contributed by atoms with van der Waals surface area (Å²) >= 11 is 0. The van der Waals surface area contributed by atoms with E-state index in [1.807, 2.05) is 111 Å². The van der Waals surface area contributed by atoms with Gasteiger partial charge >= 0.3 is 0 Å². The van der Waals surface area contributed by atoms with Crippen LogP contribution in [0.2, 0.25) is 0 Å². The number of nitrogens with zero attached hydrogens (tertiary/aromatic N) is 7. The standard InChI is InChI=1S/C75H63N7O4/c1-8-47-18-12-16-24-66(47)80(4)74(83)64-44-51-28-40-60-58-22-14-10-20-49(58)42-62(60)68(51)70(72(64)85-6)78-76-53-30-36-56(37-31-53)82(55-34-26-46(3)27-35-55)57-38-32-54(33-39-57)77-79-71-69-52(29-41-61-59-23-15-11-21-50(59)43-63(61)69)45-65(73(71)86-7)75(84)81(5)67-25-17-13-19-48(67)9-2/h10-41,44-45H,8-9,42-43H2,1-7H3. The molecule has 0 saturated heterocycles. The maximum Gasteiger partial charge on any atom is 0.261 e. The van der Waals surface area contributed by atoms with Gasteiger partial charge in [-0.15, -0.1) is 10.2 Å². The second kappa shape index (κ2) is 22.9. The molecule has 0 bridgehead atoms. The lowest BCUT2D eigenvalue weighted by Gasteiger charge is -2.25. The predicted octanol–water partition coefficient (Wildman–Crippen LogP) is 19.4. The number of carbonyl (C=O) groups is 2. The van der Waals surface area contributed by atoms with E-state index >= 15 is 0 Å². The number of para-hydroxylation sites is 2. The van der Waals surface area contributed by atoms with Crippen molar-refractivity contribution in [2.24, 2.45) is 20.5 Å². The summed E-state index contributed by atoms with van der Waals surface area (Å²) in [6.45, 7) is 6.26. The molecule has 11 aromatic carbocycles. The first-order valence-corrected chi connectivity index (χ1v) is 29.2. The van der Waals surface area contributed by atoms with Crippen molar-refractivity contribution in [2.45, 2.75) is 46.5 Å². The molecule has 0 radical (unpaired) electrons. The number of fused-ring (bicyclic) bond motifs is 10. The molecule has 13 rings (SSSR count). The van der Waals surface area contributed by atoms with E-state index in [0.717, 1.165) is 102 Å². The van der Waals surface area contributed by atoms with Crippen molar-refractivity contribution in [3.63, 3.8) is 0 Å². The Balaban J connectivity index is 0.856. The van der Waals surface area contributed by atoms with E-state index in [1.54, 1.807) is 24.0 Å². The summed E-state index contributed by atoms with van der Waals surface area (Å²) < 4.78 is 12.5. The zero-order valence-electron chi connectivity index (χ0n) is 49.2. The molecule has 11 aromatic rings. The van der Waals surface area contributed by atoms with E-state index in [4.69, 9.17) is 29.9 Å². The summed E-state index contributed by atoms with van der Waals surface area (Å²) in [5.41, 5.74) is 20.1. The number of ether oxygens (including phenoxy) is 2. The Labute approximate surface area is 501 Å². The molecule has 2 aliphatic rings. The third-order valence-electron chi connectivity index (χ3n) is 17.0. The number of hydrogen-bond acceptors (Lipinski definition) is 9. The van der Waals surface area contributed by atoms with Crippen molar-refractivity contribution in [3.8, 4) is 33.8 Å². The molecule has 0 spiro atoms. The number of carbonyl (C=O) groups excluding carboxylic acids is 2. The van der Waals surface area contributed by atoms with Gasteiger partial charge in [-0.05, 0) is 184 Å². The fourth-order valence-electron chi connectivity index (χ4n) is 12.7. The highest BCUT2D eigenvalue weighted by Crippen LogP contribution is 2.51. The van der Waals surface area contributed by atoms with E-state index < -0.39 is 0 Å². The highest BCUT2D eigenvalue weighted by Gasteiger charge is 2.31. The second-order valence-electron chi connectivity index (χ2n) is 22.0. The predicted molar refractivity (Wildman–Crippen MR) is 349 cm³/mol. The molecule has 86 heavy (non-hydrogen) atoms. The van der Waals surface area contributed by atoms with Crippen molar-refractivity contribution in [1.29, 1.82) is 0 Å². The highest BCUT2D eigenvalue weighted by molar-refractivity contribution is 6.16. The van der Waals surface area contributed by atoms with E-state index in [9.17, 15) is 9.59 Å². The molecule has 0 N–H and O–H groups in total. The first kappa shape index (κ1) is 54.7. The van der Waals surface area contributed by atoms with Crippen LogP contribution in [0.1, 0.15) is 73.5 Å². The smallest absolute Gasteiger partial charge is 0.261 e. The topological polar surface area (TPSA) is 112 Å². The van der Waals surface area contributed by atoms with Gasteiger partial charge in [-0.2, -0.15) is 10.2 Å². The second-order valence-corrected chi connectivity index (χ2v) is 22.0. The molecule has 2 amide bonds. The molecule has 11 heteroatoms. The minimum atomic E-state index is -0.207. The van der Waals surface area contributed by atoms with Crippen LogP contribution in [0.25, 0.3) is 43.8 Å². The van der Waals surface area contributed by atoms with E-state index in [-0.39, 0.29) is 11.8 Å². The van der Waals surface area contributed by atoms with E-state index in [0.29, 0.717) is 58.2 Å². The Morgan fingerprint density at radius 1 is 0.442 bits per heavy atom. The summed E-state index contributed by atoms with van der Waals surface area (Å²) in [7, 11) is 6.81. The molecule has 0 aliphatic heterocycles. The lowest BCUT2D eigenvalue weighted by Crippen LogP contribution is -2.27. The van der Waals surface area contributed by atoms with Crippen molar-refractivity contribution >= 4 is 84.5 Å². The number of anilines is 5. The van der Waals surface area contributed by atoms with Crippen LogP contribution in [0.15, 0.2) is 227 Å². The first-order valence-electron chi connectivity index (χ1n) is 29.2. The Kier molecular flexibility index (Phi) is 14.6. The summed E-state index contributed by atoms with van der Waals surface area (Å²) in [6, 6.07) is 69.6. The molecule has 0 atom stereocenters. The lowest BCUT2D eigenvalue weighted by atomic mass is 9.95. The fraction of sp³-hybridized carbons (Fsp3) is 0.147. The molecule has 0 heterocycles. The van der Waals surface area contributed by atoms with Gasteiger partial charge in [0.25, 0.3) is 11.8 Å². The number of methoxy groups -OCH3 is 2. The molecule has 0 unspecified atom stereocenters. The van der Waals surface area contributed by atoms with Crippen molar-refractivity contribution in [3.05, 3.63) is 256 Å². The Morgan fingerprint density at radius 3 is 1.23 bits per heavy atom. The Bertz CT molecular complexity index is 4280. The van der Waals surface area contributed by atoms with Gasteiger partial charge in [0.2, 0.25) is 0 Å². The summed E-state index contributed by atoms with van der Waals surface area (Å²) in [5.74, 6) is 0.316. The molecule has 2 aliphatic carbocycles. The van der Waals surface area contributed by atoms with Gasteiger partial charge in [-0.25, -0.2) is 0 Å². The van der Waals surface area contributed by atoms with Gasteiger partial charge in [0.05, 0.1) is 36.7 Å². The van der Waals surface area contributed by atoms with Crippen LogP contribution in [0.4, 0.5) is 51.2 Å². The molecule has 11 nitrogen and oxygen atoms in total. The Morgan fingerprint density at radius 2 is 0.826 bits per heavy atom. The molecule has 0 saturated carbocycles. The molecular weight excluding hydrogens is 1060 g/mol. The molecule has 422 valence electrons. The zero-order valence-corrected chi connectivity index (χ0v) is 49.2. The van der Waals surface area contributed by atoms with Gasteiger partial charge in [-0.1, -0.05) is 141 Å². The summed E-state index contributed by atoms with van der Waals surface area (Å²) in [6.07, 6.45) is 2.98. The number of rotatable bonds is 15. The largest absolute Gasteiger partial charge is 0.494 e. The van der Waals surface area contributed by atoms with Gasteiger partial charge in [0, 0.05) is 53.3 Å². The minimum Gasteiger partial charge on any atom is -0.494 e. The molecule has 0 aromatic heterocycles. The summed E-state index contributed by atoms with van der Waals surface area (Å²) in [4.78, 5) is 35.0. The average molecular weight is 1130 g/mol. The number of aryl methyl sites for hydroxylation is 3. The molecule has 0 fully saturated rings. The van der Waals surface area contributed by atoms with Crippen LogP contribution in [-0.2, 0) is 25.7 Å². The number of benzene rings is 11. The molecular formula is C75H63N7O4. The third-order valence-corrected chi connectivity index (χ3v) is 17.0. The SMILES string of the molecule is CCc1ccccc1N(C)C(=O)c1cc2ccc3c(c2c(N=Nc2ccc(N(c4ccc(C)cc4)c4ccc(N=Nc5c(OC)c(C(=O)N(C)c6ccccc6CC)cc6ccc7c(c56)Cc5ccccc5-7)cc4)cc2)c1OC)Cc1ccccc1-3. The first-order chi connectivity index (χ1) is 42.0. The van der Waals surface area contributed by atoms with Crippen LogP contribution in [0.3, 0.4) is 0 Å². The zero-order chi connectivity index (χ0) is 59.2. The van der Waals surface area contributed by atoms with E-state index in [1.165, 1.54) is 22.3 Å². The van der Waals surface area contributed by atoms with Crippen molar-refractivity contribution in [2.75, 3.05) is 43.0 Å². The lowest BCUT2D eigenvalue weighted by molar-refractivity contribution is 0.0982. The van der Waals surface area contributed by atoms with Gasteiger partial charge in [-0.3, -0.25) is 9.59 Å². The summed E-state index contributed by atoms with van der Waals surface area (Å²) in [5, 5.41) is 23.5. The maximum absolute atomic E-state index is 14.7. The number of amides is 2. The fourth-order valence-corrected chi connectivity index (χ4v) is 12.7. The normalized spacial score (nSPS) is 12.1. The van der Waals surface area contributed by atoms with Crippen LogP contribution in [-0.4, -0.2) is 40.1 Å². The third kappa shape index (κ3) is 9.70. The van der Waals surface area contributed by atoms with Crippen LogP contribution in [0.5, 0.6) is 11.5 Å². The van der Waals surface area contributed by atoms with Crippen molar-refractivity contribution in [1.82, 2.24) is 0 Å². The van der Waals surface area contributed by atoms with Crippen LogP contribution in [0, 0.1) is 6.92 Å². The van der Waals surface area contributed by atoms with E-state index in [2.05, 4.69) is 135 Å². The monoisotopic (exact) mass is 1130 g/mol. The number of azo groups is 2. The quantitative estimate of drug-likeness (QED) is 0.0949. The van der Waals surface area contributed by atoms with Crippen LogP contribution >= 0.6 is 0 Å². The average Bonchev–Trinajstić information content (AvgIpc) is 1.67. The van der Waals surface area contributed by atoms with Gasteiger partial charge in [0.15, 0.2) is 11.5 Å². The minimum absolute atomic E-state index is 0.207. The number of hydrogen-bond donors (Lipinski definition) is 0. The maximum atomic E-state index is 14.7. The highest BCUT2D eigenvalue weighted by atomic mass is 16.5.